The van der Waals surface area contributed by atoms with Crippen molar-refractivity contribution in [2.45, 2.75) is 20.4 Å². The van der Waals surface area contributed by atoms with Gasteiger partial charge >= 0.3 is 0 Å². The van der Waals surface area contributed by atoms with Crippen LogP contribution >= 0.6 is 0 Å². The number of aliphatic imine (C=N–C) groups is 1. The monoisotopic (exact) mass is 234 g/mol. The fraction of sp³-hybridized carbons (Fsp3) is 0.308. The highest BCUT2D eigenvalue weighted by Gasteiger charge is 2.22. The highest BCUT2D eigenvalue weighted by molar-refractivity contribution is 5.42. The van der Waals surface area contributed by atoms with Crippen LogP contribution in [0.1, 0.15) is 19.4 Å². The zero-order valence-corrected chi connectivity index (χ0v) is 10.6. The van der Waals surface area contributed by atoms with E-state index in [1.165, 1.54) is 0 Å². The first-order valence-corrected chi connectivity index (χ1v) is 5.52. The minimum Gasteiger partial charge on any atom is -0.497 e. The summed E-state index contributed by atoms with van der Waals surface area (Å²) in [4.78, 5) is 9.24. The van der Waals surface area contributed by atoms with E-state index in [9.17, 15) is 0 Å². The summed E-state index contributed by atoms with van der Waals surface area (Å²) < 4.78 is 5.10. The molecule has 0 bridgehead atoms. The van der Waals surface area contributed by atoms with Gasteiger partial charge in [0.1, 0.15) is 5.75 Å². The molecule has 17 heavy (non-hydrogen) atoms. The van der Waals surface area contributed by atoms with Crippen LogP contribution in [-0.2, 0) is 6.54 Å². The maximum atomic E-state index is 5.52. The largest absolute Gasteiger partial charge is 0.497 e. The molecule has 0 spiro atoms. The van der Waals surface area contributed by atoms with Crippen LogP contribution in [0.5, 0.6) is 11.5 Å². The maximum Gasteiger partial charge on any atom is 0.164 e. The van der Waals surface area contributed by atoms with Gasteiger partial charge in [0.15, 0.2) is 11.6 Å². The molecular formula is C13H18N2O2. The van der Waals surface area contributed by atoms with Crippen LogP contribution in [0, 0.1) is 0 Å². The Morgan fingerprint density at radius 2 is 2.18 bits per heavy atom. The van der Waals surface area contributed by atoms with E-state index in [2.05, 4.69) is 18.3 Å². The number of hydrogen-bond acceptors (Lipinski definition) is 4. The van der Waals surface area contributed by atoms with Crippen LogP contribution in [0.15, 0.2) is 35.6 Å². The lowest BCUT2D eigenvalue weighted by Crippen LogP contribution is -2.18. The fourth-order valence-corrected chi connectivity index (χ4v) is 1.41. The second kappa shape index (κ2) is 5.94. The van der Waals surface area contributed by atoms with E-state index < -0.39 is 0 Å². The molecule has 2 rings (SSSR count). The van der Waals surface area contributed by atoms with Crippen LogP contribution in [0.25, 0.3) is 0 Å². The van der Waals surface area contributed by atoms with Crippen LogP contribution < -0.4 is 9.57 Å². The Hall–Kier alpha value is -1.97. The van der Waals surface area contributed by atoms with Crippen molar-refractivity contribution in [2.75, 3.05) is 7.11 Å². The van der Waals surface area contributed by atoms with E-state index in [-0.39, 0.29) is 0 Å². The Morgan fingerprint density at radius 3 is 2.76 bits per heavy atom. The number of rotatable bonds is 3. The normalized spacial score (nSPS) is 11.8. The molecule has 1 aromatic carbocycles. The minimum absolute atomic E-state index is 0.505. The van der Waals surface area contributed by atoms with Crippen molar-refractivity contribution in [1.29, 1.82) is 0 Å². The lowest BCUT2D eigenvalue weighted by molar-refractivity contribution is -0.00471. The van der Waals surface area contributed by atoms with E-state index in [1.54, 1.807) is 12.2 Å². The number of ether oxygens (including phenoxy) is 1. The first kappa shape index (κ1) is 13.1. The van der Waals surface area contributed by atoms with Crippen LogP contribution in [-0.4, -0.2) is 18.9 Å². The van der Waals surface area contributed by atoms with Crippen LogP contribution in [0.2, 0.25) is 0 Å². The second-order valence-electron chi connectivity index (χ2n) is 3.18. The summed E-state index contributed by atoms with van der Waals surface area (Å²) in [5, 5.41) is 1.59. The second-order valence-corrected chi connectivity index (χ2v) is 3.18. The molecule has 4 heteroatoms. The third-order valence-corrected chi connectivity index (χ3v) is 2.27. The molecule has 1 heterocycles. The number of hydrogen-bond donors (Lipinski definition) is 0. The van der Waals surface area contributed by atoms with Crippen molar-refractivity contribution in [3.8, 4) is 11.5 Å². The summed E-state index contributed by atoms with van der Waals surface area (Å²) in [5.74, 6) is 2.05. The van der Waals surface area contributed by atoms with Crippen molar-refractivity contribution in [1.82, 2.24) is 5.06 Å². The van der Waals surface area contributed by atoms with Gasteiger partial charge in [-0.05, 0) is 18.9 Å². The quantitative estimate of drug-likeness (QED) is 0.754. The van der Waals surface area contributed by atoms with Gasteiger partial charge in [-0.3, -0.25) is 0 Å². The topological polar surface area (TPSA) is 34.1 Å². The molecule has 0 saturated heterocycles. The molecule has 0 N–H and O–H groups in total. The van der Waals surface area contributed by atoms with Crippen molar-refractivity contribution >= 4 is 6.72 Å². The zero-order chi connectivity index (χ0) is 12.8. The smallest absolute Gasteiger partial charge is 0.164 e. The van der Waals surface area contributed by atoms with E-state index in [4.69, 9.17) is 9.57 Å². The molecule has 0 atom stereocenters. The average Bonchev–Trinajstić information content (AvgIpc) is 2.82. The number of nitrogens with zero attached hydrogens (tertiary/aromatic N) is 2. The number of fused-ring (bicyclic) bond motifs is 1. The third-order valence-electron chi connectivity index (χ3n) is 2.27. The van der Waals surface area contributed by atoms with Crippen molar-refractivity contribution in [3.63, 3.8) is 0 Å². The Kier molecular flexibility index (Phi) is 4.57. The van der Waals surface area contributed by atoms with Gasteiger partial charge in [-0.25, -0.2) is 4.99 Å². The van der Waals surface area contributed by atoms with Gasteiger partial charge in [0, 0.05) is 11.6 Å². The summed E-state index contributed by atoms with van der Waals surface area (Å²) in [6.45, 7) is 11.8. The molecule has 4 nitrogen and oxygen atoms in total. The van der Waals surface area contributed by atoms with Crippen molar-refractivity contribution < 1.29 is 9.57 Å². The average molecular weight is 234 g/mol. The molecular weight excluding hydrogens is 216 g/mol. The lowest BCUT2D eigenvalue weighted by Gasteiger charge is -2.14. The summed E-state index contributed by atoms with van der Waals surface area (Å²) in [6, 6.07) is 5.70. The Labute approximate surface area is 102 Å². The highest BCUT2D eigenvalue weighted by Crippen LogP contribution is 2.33. The Balaban J connectivity index is 0.000000686. The molecule has 0 fully saturated rings. The van der Waals surface area contributed by atoms with E-state index >= 15 is 0 Å². The molecule has 0 saturated carbocycles. The van der Waals surface area contributed by atoms with Gasteiger partial charge in [0.25, 0.3) is 0 Å². The number of benzene rings is 1. The summed E-state index contributed by atoms with van der Waals surface area (Å²) in [6.07, 6.45) is 0. The minimum atomic E-state index is 0.505. The molecule has 0 unspecified atom stereocenters. The van der Waals surface area contributed by atoms with Crippen molar-refractivity contribution in [2.24, 2.45) is 4.99 Å². The predicted molar refractivity (Wildman–Crippen MR) is 69.2 cm³/mol. The number of methoxy groups -OCH3 is 1. The summed E-state index contributed by atoms with van der Waals surface area (Å²) in [7, 11) is 1.62. The van der Waals surface area contributed by atoms with E-state index in [0.29, 0.717) is 12.4 Å². The fourth-order valence-electron chi connectivity index (χ4n) is 1.41. The van der Waals surface area contributed by atoms with E-state index in [1.807, 2.05) is 32.0 Å². The Bertz CT molecular complexity index is 416. The van der Waals surface area contributed by atoms with Crippen LogP contribution in [0.4, 0.5) is 0 Å². The molecule has 0 aliphatic carbocycles. The standard InChI is InChI=1S/C11H12N2O2.C2H6/c1-8(12-2)13-7-9-4-5-10(14-3)6-11(9)15-13;1-2/h4-6H,1-2,7H2,3H3;1-2H3. The Morgan fingerprint density at radius 1 is 1.47 bits per heavy atom. The highest BCUT2D eigenvalue weighted by atomic mass is 16.7. The molecule has 1 aromatic rings. The lowest BCUT2D eigenvalue weighted by atomic mass is 10.2. The third kappa shape index (κ3) is 2.78. The van der Waals surface area contributed by atoms with Crippen LogP contribution in [0.3, 0.4) is 0 Å². The summed E-state index contributed by atoms with van der Waals surface area (Å²) in [5.41, 5.74) is 1.08. The first-order chi connectivity index (χ1) is 8.24. The predicted octanol–water partition coefficient (Wildman–Crippen LogP) is 3.00. The molecule has 0 radical (unpaired) electrons. The molecule has 1 aliphatic rings. The first-order valence-electron chi connectivity index (χ1n) is 5.52. The zero-order valence-electron chi connectivity index (χ0n) is 10.6. The van der Waals surface area contributed by atoms with E-state index in [0.717, 1.165) is 17.1 Å². The van der Waals surface area contributed by atoms with Gasteiger partial charge in [0.2, 0.25) is 0 Å². The van der Waals surface area contributed by atoms with Gasteiger partial charge in [0.05, 0.1) is 13.7 Å². The molecule has 92 valence electrons. The van der Waals surface area contributed by atoms with Crippen molar-refractivity contribution in [3.05, 3.63) is 36.2 Å². The number of hydroxylamine groups is 2. The molecule has 0 amide bonds. The molecule has 1 aliphatic heterocycles. The van der Waals surface area contributed by atoms with Gasteiger partial charge < -0.3 is 9.57 Å². The van der Waals surface area contributed by atoms with Gasteiger partial charge in [-0.2, -0.15) is 5.06 Å². The SMILES string of the molecule is C=NC(=C)N1Cc2ccc(OC)cc2O1.CC. The maximum absolute atomic E-state index is 5.52. The van der Waals surface area contributed by atoms with Gasteiger partial charge in [-0.1, -0.05) is 20.4 Å². The molecule has 0 aromatic heterocycles. The summed E-state index contributed by atoms with van der Waals surface area (Å²) >= 11 is 0. The van der Waals surface area contributed by atoms with Gasteiger partial charge in [-0.15, -0.1) is 0 Å².